The van der Waals surface area contributed by atoms with E-state index in [1.54, 1.807) is 0 Å². The van der Waals surface area contributed by atoms with E-state index in [1.165, 1.54) is 12.1 Å². The maximum Gasteiger partial charge on any atom is 0.137 e. The van der Waals surface area contributed by atoms with Crippen molar-refractivity contribution >= 4 is 0 Å². The van der Waals surface area contributed by atoms with Crippen LogP contribution in [-0.2, 0) is 28.1 Å². The molecule has 0 aliphatic rings. The molecule has 81 valence electrons. The first-order chi connectivity index (χ1) is 6.44. The van der Waals surface area contributed by atoms with Crippen molar-refractivity contribution in [3.05, 3.63) is 35.4 Å². The maximum atomic E-state index is 13.2. The molecule has 0 saturated heterocycles. The van der Waals surface area contributed by atoms with Crippen molar-refractivity contribution in [2.45, 2.75) is 33.6 Å². The Bertz CT molecular complexity index is 321. The predicted molar refractivity (Wildman–Crippen MR) is 53.0 cm³/mol. The Labute approximate surface area is 105 Å². The van der Waals surface area contributed by atoms with Gasteiger partial charge >= 0.3 is 0 Å². The van der Waals surface area contributed by atoms with Gasteiger partial charge < -0.3 is 0 Å². The molecular formula is C12H15F2Ti. The van der Waals surface area contributed by atoms with Gasteiger partial charge in [-0.15, -0.1) is 0 Å². The fourth-order valence-electron chi connectivity index (χ4n) is 1.25. The van der Waals surface area contributed by atoms with E-state index in [0.29, 0.717) is 12.0 Å². The molecule has 0 bridgehead atoms. The molecule has 0 nitrogen and oxygen atoms in total. The molecular weight excluding hydrogens is 230 g/mol. The molecule has 0 fully saturated rings. The quantitative estimate of drug-likeness (QED) is 0.711. The number of benzene rings is 1. The van der Waals surface area contributed by atoms with Gasteiger partial charge in [0.1, 0.15) is 11.6 Å². The zero-order valence-corrected chi connectivity index (χ0v) is 10.9. The standard InChI is InChI=1S/C12H15F2.Ti/c1-4-12(2,3)8-9-5-6-10(13)7-11(9)14;/h5-6H,4,8H2,1-3H3;. The predicted octanol–water partition coefficient (Wildman–Crippen LogP) is 3.74. The molecule has 0 amide bonds. The van der Waals surface area contributed by atoms with Crippen LogP contribution < -0.4 is 0 Å². The van der Waals surface area contributed by atoms with Gasteiger partial charge in [0.25, 0.3) is 0 Å². The SMILES string of the molecule is CCC(C)(C)Cc1ccc(F)[c]c1F.[Ti]. The van der Waals surface area contributed by atoms with Crippen LogP contribution in [0.5, 0.6) is 0 Å². The van der Waals surface area contributed by atoms with E-state index in [9.17, 15) is 8.78 Å². The minimum Gasteiger partial charge on any atom is -0.206 e. The summed E-state index contributed by atoms with van der Waals surface area (Å²) in [6.45, 7) is 6.19. The van der Waals surface area contributed by atoms with Crippen LogP contribution in [0.25, 0.3) is 0 Å². The second kappa shape index (κ2) is 5.76. The molecule has 1 rings (SSSR count). The van der Waals surface area contributed by atoms with Crippen molar-refractivity contribution in [2.75, 3.05) is 0 Å². The second-order valence-corrected chi connectivity index (χ2v) is 4.34. The summed E-state index contributed by atoms with van der Waals surface area (Å²) in [4.78, 5) is 0. The van der Waals surface area contributed by atoms with Gasteiger partial charge in [-0.2, -0.15) is 0 Å². The third-order valence-corrected chi connectivity index (χ3v) is 2.57. The van der Waals surface area contributed by atoms with Gasteiger partial charge in [0.15, 0.2) is 0 Å². The van der Waals surface area contributed by atoms with Crippen LogP contribution in [0.3, 0.4) is 0 Å². The average molecular weight is 245 g/mol. The van der Waals surface area contributed by atoms with Crippen molar-refractivity contribution in [3.63, 3.8) is 0 Å². The smallest absolute Gasteiger partial charge is 0.137 e. The zero-order chi connectivity index (χ0) is 10.8. The Hall–Kier alpha value is -0.206. The number of rotatable bonds is 3. The van der Waals surface area contributed by atoms with Crippen LogP contribution in [0.4, 0.5) is 8.78 Å². The average Bonchev–Trinajstić information content (AvgIpc) is 2.10. The molecule has 0 spiro atoms. The molecule has 0 saturated carbocycles. The van der Waals surface area contributed by atoms with Gasteiger partial charge in [-0.05, 0) is 23.5 Å². The topological polar surface area (TPSA) is 0 Å². The summed E-state index contributed by atoms with van der Waals surface area (Å²) >= 11 is 0. The van der Waals surface area contributed by atoms with Crippen molar-refractivity contribution in [2.24, 2.45) is 5.41 Å². The fourth-order valence-corrected chi connectivity index (χ4v) is 1.25. The fraction of sp³-hybridized carbons (Fsp3) is 0.500. The molecule has 0 N–H and O–H groups in total. The summed E-state index contributed by atoms with van der Waals surface area (Å²) in [6, 6.07) is 4.80. The van der Waals surface area contributed by atoms with Gasteiger partial charge in [-0.1, -0.05) is 33.3 Å². The maximum absolute atomic E-state index is 13.2. The van der Waals surface area contributed by atoms with Crippen LogP contribution in [0.1, 0.15) is 32.8 Å². The molecule has 0 aliphatic heterocycles. The summed E-state index contributed by atoms with van der Waals surface area (Å²) in [5, 5.41) is 0. The van der Waals surface area contributed by atoms with Gasteiger partial charge in [0.05, 0.1) is 6.07 Å². The van der Waals surface area contributed by atoms with Gasteiger partial charge in [-0.3, -0.25) is 0 Å². The summed E-state index contributed by atoms with van der Waals surface area (Å²) in [5.41, 5.74) is 0.588. The van der Waals surface area contributed by atoms with Crippen LogP contribution >= 0.6 is 0 Å². The molecule has 0 heterocycles. The van der Waals surface area contributed by atoms with Crippen LogP contribution in [0, 0.1) is 23.1 Å². The zero-order valence-electron chi connectivity index (χ0n) is 9.32. The minimum atomic E-state index is -0.638. The summed E-state index contributed by atoms with van der Waals surface area (Å²) in [7, 11) is 0. The Balaban J connectivity index is 0.00000196. The Morgan fingerprint density at radius 1 is 1.27 bits per heavy atom. The normalized spacial score (nSPS) is 11.0. The minimum absolute atomic E-state index is 0. The third-order valence-electron chi connectivity index (χ3n) is 2.57. The number of halogens is 2. The molecule has 0 unspecified atom stereocenters. The monoisotopic (exact) mass is 245 g/mol. The van der Waals surface area contributed by atoms with E-state index in [2.05, 4.69) is 26.8 Å². The first-order valence-corrected chi connectivity index (χ1v) is 4.81. The number of hydrogen-bond donors (Lipinski definition) is 0. The summed E-state index contributed by atoms with van der Waals surface area (Å²) in [5.74, 6) is -1.20. The molecule has 1 aromatic carbocycles. The molecule has 3 heteroatoms. The molecule has 0 aliphatic carbocycles. The van der Waals surface area contributed by atoms with Crippen molar-refractivity contribution in [1.29, 1.82) is 0 Å². The van der Waals surface area contributed by atoms with Gasteiger partial charge in [0.2, 0.25) is 0 Å². The van der Waals surface area contributed by atoms with E-state index < -0.39 is 11.6 Å². The van der Waals surface area contributed by atoms with E-state index >= 15 is 0 Å². The molecule has 0 atom stereocenters. The second-order valence-electron chi connectivity index (χ2n) is 4.34. The summed E-state index contributed by atoms with van der Waals surface area (Å²) < 4.78 is 25.8. The van der Waals surface area contributed by atoms with E-state index in [4.69, 9.17) is 0 Å². The summed E-state index contributed by atoms with van der Waals surface area (Å²) in [6.07, 6.45) is 1.58. The number of hydrogen-bond acceptors (Lipinski definition) is 0. The Kier molecular flexibility index (Phi) is 5.68. The largest absolute Gasteiger partial charge is 0.206 e. The van der Waals surface area contributed by atoms with Crippen molar-refractivity contribution in [1.82, 2.24) is 0 Å². The first kappa shape index (κ1) is 14.8. The Morgan fingerprint density at radius 3 is 2.33 bits per heavy atom. The van der Waals surface area contributed by atoms with Gasteiger partial charge in [0, 0.05) is 21.7 Å². The van der Waals surface area contributed by atoms with Crippen LogP contribution in [0.2, 0.25) is 0 Å². The molecule has 15 heavy (non-hydrogen) atoms. The van der Waals surface area contributed by atoms with Gasteiger partial charge in [-0.25, -0.2) is 8.78 Å². The Morgan fingerprint density at radius 2 is 1.87 bits per heavy atom. The molecule has 1 aromatic rings. The van der Waals surface area contributed by atoms with E-state index in [1.807, 2.05) is 0 Å². The van der Waals surface area contributed by atoms with Crippen LogP contribution in [0.15, 0.2) is 12.1 Å². The van der Waals surface area contributed by atoms with E-state index in [0.717, 1.165) is 6.42 Å². The first-order valence-electron chi connectivity index (χ1n) is 4.81. The van der Waals surface area contributed by atoms with Crippen molar-refractivity contribution < 1.29 is 30.5 Å². The van der Waals surface area contributed by atoms with Crippen LogP contribution in [-0.4, -0.2) is 0 Å². The third kappa shape index (κ3) is 4.44. The molecule has 1 radical (unpaired) electrons. The van der Waals surface area contributed by atoms with Crippen molar-refractivity contribution in [3.8, 4) is 0 Å². The van der Waals surface area contributed by atoms with E-state index in [-0.39, 0.29) is 27.1 Å². The molecule has 0 aromatic heterocycles.